The molecule has 0 radical (unpaired) electrons. The maximum absolute atomic E-state index is 5.32. The molecule has 0 aliphatic carbocycles. The summed E-state index contributed by atoms with van der Waals surface area (Å²) in [6, 6.07) is 4.00. The van der Waals surface area contributed by atoms with Gasteiger partial charge in [-0.25, -0.2) is 5.90 Å². The van der Waals surface area contributed by atoms with E-state index in [4.69, 9.17) is 15.4 Å². The Labute approximate surface area is 82.5 Å². The van der Waals surface area contributed by atoms with Crippen LogP contribution in [0.5, 0.6) is 5.75 Å². The Morgan fingerprint density at radius 2 is 2.07 bits per heavy atom. The molecule has 0 spiro atoms. The second-order valence-electron chi connectivity index (χ2n) is 3.24. The number of ether oxygens (including phenoxy) is 2. The van der Waals surface area contributed by atoms with Crippen LogP contribution in [0.3, 0.4) is 0 Å². The molecule has 2 rings (SSSR count). The SMILES string of the molecule is COc1cc2c(cc1CON)COC2. The highest BCUT2D eigenvalue weighted by molar-refractivity contribution is 5.43. The fourth-order valence-electron chi connectivity index (χ4n) is 1.65. The molecular formula is C10H13NO3. The lowest BCUT2D eigenvalue weighted by molar-refractivity contribution is 0.122. The lowest BCUT2D eigenvalue weighted by Gasteiger charge is -2.09. The molecule has 0 bridgehead atoms. The summed E-state index contributed by atoms with van der Waals surface area (Å²) in [5, 5.41) is 0. The summed E-state index contributed by atoms with van der Waals surface area (Å²) in [6.07, 6.45) is 0. The third kappa shape index (κ3) is 1.59. The highest BCUT2D eigenvalue weighted by atomic mass is 16.6. The number of rotatable bonds is 3. The van der Waals surface area contributed by atoms with E-state index in [0.29, 0.717) is 19.8 Å². The van der Waals surface area contributed by atoms with Gasteiger partial charge in [-0.1, -0.05) is 0 Å². The van der Waals surface area contributed by atoms with Crippen LogP contribution in [0.2, 0.25) is 0 Å². The van der Waals surface area contributed by atoms with Gasteiger partial charge in [-0.05, 0) is 23.3 Å². The first kappa shape index (κ1) is 9.45. The molecule has 0 unspecified atom stereocenters. The first-order valence-electron chi connectivity index (χ1n) is 4.43. The van der Waals surface area contributed by atoms with E-state index < -0.39 is 0 Å². The minimum Gasteiger partial charge on any atom is -0.496 e. The van der Waals surface area contributed by atoms with Crippen LogP contribution < -0.4 is 10.6 Å². The smallest absolute Gasteiger partial charge is 0.124 e. The van der Waals surface area contributed by atoms with E-state index in [2.05, 4.69) is 4.84 Å². The Morgan fingerprint density at radius 3 is 2.71 bits per heavy atom. The third-order valence-electron chi connectivity index (χ3n) is 2.36. The molecule has 0 fully saturated rings. The van der Waals surface area contributed by atoms with E-state index in [1.807, 2.05) is 12.1 Å². The first-order valence-corrected chi connectivity index (χ1v) is 4.43. The van der Waals surface area contributed by atoms with Gasteiger partial charge in [0, 0.05) is 5.56 Å². The normalized spacial score (nSPS) is 14.1. The Morgan fingerprint density at radius 1 is 1.36 bits per heavy atom. The Bertz CT molecular complexity index is 338. The zero-order valence-corrected chi connectivity index (χ0v) is 8.08. The van der Waals surface area contributed by atoms with Gasteiger partial charge in [0.1, 0.15) is 5.75 Å². The highest BCUT2D eigenvalue weighted by Crippen LogP contribution is 2.28. The van der Waals surface area contributed by atoms with E-state index in [1.165, 1.54) is 11.1 Å². The maximum atomic E-state index is 5.32. The van der Waals surface area contributed by atoms with E-state index >= 15 is 0 Å². The largest absolute Gasteiger partial charge is 0.496 e. The van der Waals surface area contributed by atoms with Gasteiger partial charge in [-0.15, -0.1) is 0 Å². The van der Waals surface area contributed by atoms with Crippen LogP contribution >= 0.6 is 0 Å². The number of hydrogen-bond donors (Lipinski definition) is 1. The van der Waals surface area contributed by atoms with Gasteiger partial charge in [-0.3, -0.25) is 4.84 Å². The first-order chi connectivity index (χ1) is 6.85. The van der Waals surface area contributed by atoms with Crippen molar-refractivity contribution in [2.75, 3.05) is 7.11 Å². The number of benzene rings is 1. The molecule has 14 heavy (non-hydrogen) atoms. The van der Waals surface area contributed by atoms with Crippen molar-refractivity contribution in [2.24, 2.45) is 5.90 Å². The molecule has 0 atom stereocenters. The molecule has 1 aromatic carbocycles. The number of fused-ring (bicyclic) bond motifs is 1. The summed E-state index contributed by atoms with van der Waals surface area (Å²) in [6.45, 7) is 1.68. The zero-order valence-electron chi connectivity index (χ0n) is 8.08. The minimum absolute atomic E-state index is 0.358. The summed E-state index contributed by atoms with van der Waals surface area (Å²) in [5.74, 6) is 5.85. The zero-order chi connectivity index (χ0) is 9.97. The van der Waals surface area contributed by atoms with Crippen LogP contribution in [-0.4, -0.2) is 7.11 Å². The fourth-order valence-corrected chi connectivity index (χ4v) is 1.65. The molecule has 0 amide bonds. The quantitative estimate of drug-likeness (QED) is 0.734. The van der Waals surface area contributed by atoms with Crippen LogP contribution in [-0.2, 0) is 29.4 Å². The van der Waals surface area contributed by atoms with E-state index in [0.717, 1.165) is 11.3 Å². The summed E-state index contributed by atoms with van der Waals surface area (Å²) >= 11 is 0. The fraction of sp³-hybridized carbons (Fsp3) is 0.400. The molecule has 1 aliphatic rings. The van der Waals surface area contributed by atoms with E-state index in [-0.39, 0.29) is 0 Å². The van der Waals surface area contributed by atoms with Crippen LogP contribution in [0.15, 0.2) is 12.1 Å². The van der Waals surface area contributed by atoms with Crippen molar-refractivity contribution in [1.29, 1.82) is 0 Å². The van der Waals surface area contributed by atoms with Crippen molar-refractivity contribution in [3.63, 3.8) is 0 Å². The van der Waals surface area contributed by atoms with Gasteiger partial charge in [-0.2, -0.15) is 0 Å². The van der Waals surface area contributed by atoms with Gasteiger partial charge in [0.05, 0.1) is 26.9 Å². The van der Waals surface area contributed by atoms with E-state index in [9.17, 15) is 0 Å². The summed E-state index contributed by atoms with van der Waals surface area (Å²) in [5.41, 5.74) is 3.33. The summed E-state index contributed by atoms with van der Waals surface area (Å²) < 4.78 is 10.6. The van der Waals surface area contributed by atoms with Crippen molar-refractivity contribution in [3.05, 3.63) is 28.8 Å². The monoisotopic (exact) mass is 195 g/mol. The van der Waals surface area contributed by atoms with Crippen molar-refractivity contribution in [3.8, 4) is 5.75 Å². The lowest BCUT2D eigenvalue weighted by atomic mass is 10.1. The maximum Gasteiger partial charge on any atom is 0.124 e. The van der Waals surface area contributed by atoms with Crippen LogP contribution in [0.4, 0.5) is 0 Å². The molecule has 2 N–H and O–H groups in total. The molecule has 76 valence electrons. The number of nitrogens with two attached hydrogens (primary N) is 1. The lowest BCUT2D eigenvalue weighted by Crippen LogP contribution is -2.02. The van der Waals surface area contributed by atoms with Crippen LogP contribution in [0.25, 0.3) is 0 Å². The number of hydrogen-bond acceptors (Lipinski definition) is 4. The Kier molecular flexibility index (Phi) is 2.67. The van der Waals surface area contributed by atoms with Crippen molar-refractivity contribution in [2.45, 2.75) is 19.8 Å². The molecule has 0 saturated heterocycles. The molecule has 4 heteroatoms. The minimum atomic E-state index is 0.358. The standard InChI is InChI=1S/C10H13NO3/c1-12-10-3-8-5-13-4-7(8)2-9(10)6-14-11/h2-3H,4-6,11H2,1H3. The molecule has 1 aliphatic heterocycles. The van der Waals surface area contributed by atoms with Crippen LogP contribution in [0.1, 0.15) is 16.7 Å². The third-order valence-corrected chi connectivity index (χ3v) is 2.36. The molecule has 0 saturated carbocycles. The van der Waals surface area contributed by atoms with Gasteiger partial charge in [0.15, 0.2) is 0 Å². The molecule has 4 nitrogen and oxygen atoms in total. The topological polar surface area (TPSA) is 53.7 Å². The van der Waals surface area contributed by atoms with Crippen LogP contribution in [0, 0.1) is 0 Å². The summed E-state index contributed by atoms with van der Waals surface area (Å²) in [4.78, 5) is 4.61. The van der Waals surface area contributed by atoms with E-state index in [1.54, 1.807) is 7.11 Å². The average Bonchev–Trinajstić information content (AvgIpc) is 2.64. The van der Waals surface area contributed by atoms with Gasteiger partial charge in [0.25, 0.3) is 0 Å². The molecular weight excluding hydrogens is 182 g/mol. The Hall–Kier alpha value is -1.10. The predicted octanol–water partition coefficient (Wildman–Crippen LogP) is 1.12. The second kappa shape index (κ2) is 3.96. The molecule has 1 heterocycles. The molecule has 0 aromatic heterocycles. The highest BCUT2D eigenvalue weighted by Gasteiger charge is 2.15. The summed E-state index contributed by atoms with van der Waals surface area (Å²) in [7, 11) is 1.64. The van der Waals surface area contributed by atoms with Crippen molar-refractivity contribution in [1.82, 2.24) is 0 Å². The predicted molar refractivity (Wildman–Crippen MR) is 50.5 cm³/mol. The number of methoxy groups -OCH3 is 1. The van der Waals surface area contributed by atoms with Gasteiger partial charge < -0.3 is 9.47 Å². The average molecular weight is 195 g/mol. The van der Waals surface area contributed by atoms with Crippen molar-refractivity contribution < 1.29 is 14.3 Å². The second-order valence-corrected chi connectivity index (χ2v) is 3.24. The molecule has 1 aromatic rings. The van der Waals surface area contributed by atoms with Gasteiger partial charge >= 0.3 is 0 Å². The van der Waals surface area contributed by atoms with Crippen molar-refractivity contribution >= 4 is 0 Å². The van der Waals surface area contributed by atoms with Gasteiger partial charge in [0.2, 0.25) is 0 Å². The Balaban J connectivity index is 2.38.